The van der Waals surface area contributed by atoms with E-state index in [-0.39, 0.29) is 11.0 Å². The summed E-state index contributed by atoms with van der Waals surface area (Å²) in [5.41, 5.74) is -0.478. The molecule has 0 aliphatic carbocycles. The highest BCUT2D eigenvalue weighted by atomic mass is 16.6. The number of aliphatic hydroxyl groups is 1. The van der Waals surface area contributed by atoms with Gasteiger partial charge in [0.15, 0.2) is 6.29 Å². The third kappa shape index (κ3) is 4.84. The number of aliphatic hydroxyl groups excluding tert-OH is 1. The summed E-state index contributed by atoms with van der Waals surface area (Å²) in [6.07, 6.45) is 0.275. The second-order valence-electron chi connectivity index (χ2n) is 6.84. The van der Waals surface area contributed by atoms with E-state index < -0.39 is 6.29 Å². The molecule has 2 heteroatoms. The van der Waals surface area contributed by atoms with Crippen LogP contribution in [0.1, 0.15) is 61.8 Å². The molecule has 2 atom stereocenters. The molecule has 2 nitrogen and oxygen atoms in total. The summed E-state index contributed by atoms with van der Waals surface area (Å²) in [6.45, 7) is 16.7. The molecule has 0 saturated heterocycles. The van der Waals surface area contributed by atoms with E-state index in [9.17, 15) is 5.11 Å². The van der Waals surface area contributed by atoms with Crippen LogP contribution in [0.4, 0.5) is 0 Å². The van der Waals surface area contributed by atoms with Crippen molar-refractivity contribution in [1.29, 1.82) is 0 Å². The van der Waals surface area contributed by atoms with E-state index in [2.05, 4.69) is 34.6 Å². The molecule has 98 valence electrons. The van der Waals surface area contributed by atoms with Crippen LogP contribution in [0.5, 0.6) is 0 Å². The molecule has 0 bridgehead atoms. The van der Waals surface area contributed by atoms with Crippen LogP contribution in [-0.2, 0) is 4.74 Å². The Morgan fingerprint density at radius 1 is 1.00 bits per heavy atom. The van der Waals surface area contributed by atoms with Gasteiger partial charge in [-0.2, -0.15) is 0 Å². The number of rotatable bonds is 5. The Kier molecular flexibility index (Phi) is 5.48. The predicted molar refractivity (Wildman–Crippen MR) is 69.2 cm³/mol. The molecule has 1 N–H and O–H groups in total. The highest BCUT2D eigenvalue weighted by Gasteiger charge is 2.39. The zero-order chi connectivity index (χ0) is 13.1. The minimum absolute atomic E-state index is 0.179. The summed E-state index contributed by atoms with van der Waals surface area (Å²) < 4.78 is 5.72. The van der Waals surface area contributed by atoms with Crippen LogP contribution in [0, 0.1) is 17.3 Å². The molecular formula is C14H30O2. The fourth-order valence-corrected chi connectivity index (χ4v) is 1.97. The van der Waals surface area contributed by atoms with Crippen molar-refractivity contribution < 1.29 is 9.84 Å². The van der Waals surface area contributed by atoms with Crippen molar-refractivity contribution in [2.24, 2.45) is 17.3 Å². The Labute approximate surface area is 101 Å². The van der Waals surface area contributed by atoms with E-state index in [1.807, 2.05) is 20.8 Å². The molecule has 0 spiro atoms. The quantitative estimate of drug-likeness (QED) is 0.727. The molecule has 0 rings (SSSR count). The van der Waals surface area contributed by atoms with E-state index in [0.29, 0.717) is 11.8 Å². The van der Waals surface area contributed by atoms with Crippen LogP contribution in [0.15, 0.2) is 0 Å². The first kappa shape index (κ1) is 15.9. The summed E-state index contributed by atoms with van der Waals surface area (Å²) in [7, 11) is 0. The summed E-state index contributed by atoms with van der Waals surface area (Å²) in [5.74, 6) is 0.956. The van der Waals surface area contributed by atoms with Gasteiger partial charge >= 0.3 is 0 Å². The van der Waals surface area contributed by atoms with Crippen molar-refractivity contribution in [1.82, 2.24) is 0 Å². The Morgan fingerprint density at radius 2 is 1.44 bits per heavy atom. The van der Waals surface area contributed by atoms with Gasteiger partial charge in [0.2, 0.25) is 0 Å². The standard InChI is InChI=1S/C14H30O2/c1-10(2)9-14(8,11(3)4)12(15)16-13(5,6)7/h10-12,15H,9H2,1-8H3. The first-order valence-corrected chi connectivity index (χ1v) is 6.35. The van der Waals surface area contributed by atoms with Crippen LogP contribution in [-0.4, -0.2) is 17.0 Å². The lowest BCUT2D eigenvalue weighted by atomic mass is 9.72. The zero-order valence-corrected chi connectivity index (χ0v) is 12.3. The molecular weight excluding hydrogens is 200 g/mol. The second-order valence-corrected chi connectivity index (χ2v) is 6.84. The SMILES string of the molecule is CC(C)CC(C)(C(C)C)C(O)OC(C)(C)C. The molecule has 0 aromatic rings. The Morgan fingerprint density at radius 3 is 1.69 bits per heavy atom. The Hall–Kier alpha value is -0.0800. The van der Waals surface area contributed by atoms with Crippen molar-refractivity contribution in [2.75, 3.05) is 0 Å². The van der Waals surface area contributed by atoms with Gasteiger partial charge in [-0.05, 0) is 39.0 Å². The summed E-state index contributed by atoms with van der Waals surface area (Å²) in [4.78, 5) is 0. The minimum Gasteiger partial charge on any atom is -0.367 e. The monoisotopic (exact) mass is 230 g/mol. The largest absolute Gasteiger partial charge is 0.367 e. The average Bonchev–Trinajstić information content (AvgIpc) is 1.98. The molecule has 0 aliphatic heterocycles. The van der Waals surface area contributed by atoms with Crippen LogP contribution in [0.2, 0.25) is 0 Å². The van der Waals surface area contributed by atoms with E-state index in [1.165, 1.54) is 0 Å². The van der Waals surface area contributed by atoms with Gasteiger partial charge in [0.25, 0.3) is 0 Å². The Balaban J connectivity index is 4.77. The zero-order valence-electron chi connectivity index (χ0n) is 12.3. The van der Waals surface area contributed by atoms with Crippen LogP contribution < -0.4 is 0 Å². The smallest absolute Gasteiger partial charge is 0.160 e. The third-order valence-corrected chi connectivity index (χ3v) is 3.20. The van der Waals surface area contributed by atoms with E-state index in [1.54, 1.807) is 0 Å². The first-order chi connectivity index (χ1) is 6.99. The highest BCUT2D eigenvalue weighted by Crippen LogP contribution is 2.39. The van der Waals surface area contributed by atoms with Gasteiger partial charge < -0.3 is 9.84 Å². The second kappa shape index (κ2) is 5.50. The maximum atomic E-state index is 10.3. The molecule has 0 aliphatic rings. The van der Waals surface area contributed by atoms with Crippen LogP contribution in [0.3, 0.4) is 0 Å². The number of hydrogen-bond donors (Lipinski definition) is 1. The van der Waals surface area contributed by atoms with E-state index >= 15 is 0 Å². The molecule has 16 heavy (non-hydrogen) atoms. The lowest BCUT2D eigenvalue weighted by Gasteiger charge is -2.41. The van der Waals surface area contributed by atoms with Gasteiger partial charge in [-0.3, -0.25) is 0 Å². The van der Waals surface area contributed by atoms with Gasteiger partial charge in [-0.15, -0.1) is 0 Å². The van der Waals surface area contributed by atoms with Gasteiger partial charge in [0.05, 0.1) is 5.60 Å². The van der Waals surface area contributed by atoms with Gasteiger partial charge in [-0.1, -0.05) is 34.6 Å². The topological polar surface area (TPSA) is 29.5 Å². The number of ether oxygens (including phenoxy) is 1. The molecule has 0 saturated carbocycles. The van der Waals surface area contributed by atoms with Gasteiger partial charge in [0, 0.05) is 5.41 Å². The van der Waals surface area contributed by atoms with Gasteiger partial charge in [-0.25, -0.2) is 0 Å². The van der Waals surface area contributed by atoms with Crippen molar-refractivity contribution in [3.05, 3.63) is 0 Å². The van der Waals surface area contributed by atoms with Crippen molar-refractivity contribution in [3.63, 3.8) is 0 Å². The average molecular weight is 230 g/mol. The predicted octanol–water partition coefficient (Wildman–Crippen LogP) is 3.83. The summed E-state index contributed by atoms with van der Waals surface area (Å²) in [6, 6.07) is 0. The fraction of sp³-hybridized carbons (Fsp3) is 1.00. The maximum absolute atomic E-state index is 10.3. The fourth-order valence-electron chi connectivity index (χ4n) is 1.97. The minimum atomic E-state index is -0.699. The molecule has 2 unspecified atom stereocenters. The number of hydrogen-bond acceptors (Lipinski definition) is 2. The normalized spacial score (nSPS) is 18.9. The van der Waals surface area contributed by atoms with Crippen LogP contribution in [0.25, 0.3) is 0 Å². The van der Waals surface area contributed by atoms with Gasteiger partial charge in [0.1, 0.15) is 0 Å². The first-order valence-electron chi connectivity index (χ1n) is 6.35. The Bertz CT molecular complexity index is 203. The molecule has 0 radical (unpaired) electrons. The lowest BCUT2D eigenvalue weighted by molar-refractivity contribution is -0.234. The van der Waals surface area contributed by atoms with Crippen LogP contribution >= 0.6 is 0 Å². The molecule has 0 heterocycles. The lowest BCUT2D eigenvalue weighted by Crippen LogP contribution is -2.43. The maximum Gasteiger partial charge on any atom is 0.160 e. The van der Waals surface area contributed by atoms with E-state index in [0.717, 1.165) is 6.42 Å². The third-order valence-electron chi connectivity index (χ3n) is 3.20. The molecule has 0 aromatic heterocycles. The summed E-state index contributed by atoms with van der Waals surface area (Å²) in [5, 5.41) is 10.3. The molecule has 0 fully saturated rings. The molecule has 0 aromatic carbocycles. The highest BCUT2D eigenvalue weighted by molar-refractivity contribution is 4.83. The summed E-state index contributed by atoms with van der Waals surface area (Å²) >= 11 is 0. The molecule has 0 amide bonds. The van der Waals surface area contributed by atoms with Crippen molar-refractivity contribution in [2.45, 2.75) is 73.7 Å². The van der Waals surface area contributed by atoms with Crippen molar-refractivity contribution in [3.8, 4) is 0 Å². The van der Waals surface area contributed by atoms with Crippen molar-refractivity contribution >= 4 is 0 Å². The van der Waals surface area contributed by atoms with E-state index in [4.69, 9.17) is 4.74 Å².